The Balaban J connectivity index is 3.71. The van der Waals surface area contributed by atoms with Crippen LogP contribution in [-0.2, 0) is 9.53 Å². The summed E-state index contributed by atoms with van der Waals surface area (Å²) in [4.78, 5) is 11.5. The molecule has 0 radical (unpaired) electrons. The maximum absolute atomic E-state index is 11.5. The van der Waals surface area contributed by atoms with E-state index in [1.165, 1.54) is 25.5 Å². The average molecular weight is 212 g/mol. The second kappa shape index (κ2) is 7.49. The van der Waals surface area contributed by atoms with Crippen LogP contribution in [0.15, 0.2) is 12.3 Å². The Morgan fingerprint density at radius 2 is 1.93 bits per heavy atom. The van der Waals surface area contributed by atoms with Crippen molar-refractivity contribution in [3.8, 4) is 0 Å². The Kier molecular flexibility index (Phi) is 7.10. The summed E-state index contributed by atoms with van der Waals surface area (Å²) in [5.74, 6) is -0.142. The van der Waals surface area contributed by atoms with Crippen molar-refractivity contribution in [3.05, 3.63) is 12.3 Å². The largest absolute Gasteiger partial charge is 0.434 e. The minimum absolute atomic E-state index is 0.142. The van der Waals surface area contributed by atoms with E-state index < -0.39 is 0 Å². The molecule has 0 aromatic rings. The molecule has 0 heterocycles. The van der Waals surface area contributed by atoms with Crippen molar-refractivity contribution < 1.29 is 9.53 Å². The maximum Gasteiger partial charge on any atom is 0.316 e. The van der Waals surface area contributed by atoms with Gasteiger partial charge in [0.2, 0.25) is 0 Å². The number of allylic oxidation sites excluding steroid dienone is 1. The van der Waals surface area contributed by atoms with Crippen molar-refractivity contribution in [2.45, 2.75) is 59.8 Å². The van der Waals surface area contributed by atoms with Gasteiger partial charge in [0.1, 0.15) is 0 Å². The molecule has 0 aliphatic heterocycles. The number of unbranched alkanes of at least 4 members (excludes halogenated alkanes) is 3. The van der Waals surface area contributed by atoms with Gasteiger partial charge in [-0.1, -0.05) is 26.7 Å². The fraction of sp³-hybridized carbons (Fsp3) is 0.769. The van der Waals surface area contributed by atoms with E-state index in [1.54, 1.807) is 0 Å². The smallest absolute Gasteiger partial charge is 0.316 e. The summed E-state index contributed by atoms with van der Waals surface area (Å²) in [5, 5.41) is 0. The standard InChI is InChI=1S/C13H24O2/c1-5-7-8-9-10-11-15-12(14)13(3,4)6-2/h10-11H,5-9H2,1-4H3. The number of ether oxygens (including phenoxy) is 1. The van der Waals surface area contributed by atoms with Crippen molar-refractivity contribution >= 4 is 5.97 Å². The van der Waals surface area contributed by atoms with Crippen LogP contribution in [0.2, 0.25) is 0 Å². The lowest BCUT2D eigenvalue weighted by molar-refractivity contribution is -0.148. The van der Waals surface area contributed by atoms with Crippen molar-refractivity contribution in [1.29, 1.82) is 0 Å². The molecule has 0 bridgehead atoms. The fourth-order valence-electron chi connectivity index (χ4n) is 0.994. The fourth-order valence-corrected chi connectivity index (χ4v) is 0.994. The zero-order valence-electron chi connectivity index (χ0n) is 10.5. The van der Waals surface area contributed by atoms with E-state index in [0.717, 1.165) is 12.8 Å². The summed E-state index contributed by atoms with van der Waals surface area (Å²) in [7, 11) is 0. The molecule has 0 aliphatic rings. The van der Waals surface area contributed by atoms with Crippen LogP contribution >= 0.6 is 0 Å². The summed E-state index contributed by atoms with van der Waals surface area (Å²) in [6.07, 6.45) is 8.88. The maximum atomic E-state index is 11.5. The molecule has 0 amide bonds. The molecule has 0 spiro atoms. The quantitative estimate of drug-likeness (QED) is 0.361. The Morgan fingerprint density at radius 3 is 2.47 bits per heavy atom. The van der Waals surface area contributed by atoms with Gasteiger partial charge in [-0.15, -0.1) is 0 Å². The Labute approximate surface area is 93.7 Å². The minimum atomic E-state index is -0.367. The predicted molar refractivity (Wildman–Crippen MR) is 63.4 cm³/mol. The Morgan fingerprint density at radius 1 is 1.27 bits per heavy atom. The summed E-state index contributed by atoms with van der Waals surface area (Å²) in [6.45, 7) is 7.97. The molecular weight excluding hydrogens is 188 g/mol. The third-order valence-electron chi connectivity index (χ3n) is 2.68. The molecule has 0 saturated heterocycles. The van der Waals surface area contributed by atoms with Crippen LogP contribution in [0.5, 0.6) is 0 Å². The van der Waals surface area contributed by atoms with Gasteiger partial charge in [-0.05, 0) is 39.2 Å². The van der Waals surface area contributed by atoms with Gasteiger partial charge in [-0.25, -0.2) is 0 Å². The molecule has 15 heavy (non-hydrogen) atoms. The first kappa shape index (κ1) is 14.2. The van der Waals surface area contributed by atoms with Crippen LogP contribution < -0.4 is 0 Å². The van der Waals surface area contributed by atoms with Crippen molar-refractivity contribution in [3.63, 3.8) is 0 Å². The van der Waals surface area contributed by atoms with E-state index in [1.807, 2.05) is 26.8 Å². The Bertz CT molecular complexity index is 205. The monoisotopic (exact) mass is 212 g/mol. The molecule has 2 nitrogen and oxygen atoms in total. The lowest BCUT2D eigenvalue weighted by atomic mass is 9.91. The predicted octanol–water partition coefficient (Wildman–Crippen LogP) is 4.06. The highest BCUT2D eigenvalue weighted by Gasteiger charge is 2.26. The molecule has 88 valence electrons. The Hall–Kier alpha value is -0.790. The highest BCUT2D eigenvalue weighted by atomic mass is 16.5. The topological polar surface area (TPSA) is 26.3 Å². The van der Waals surface area contributed by atoms with E-state index in [0.29, 0.717) is 0 Å². The number of esters is 1. The van der Waals surface area contributed by atoms with Gasteiger partial charge in [0.25, 0.3) is 0 Å². The van der Waals surface area contributed by atoms with E-state index >= 15 is 0 Å². The lowest BCUT2D eigenvalue weighted by Crippen LogP contribution is -2.24. The highest BCUT2D eigenvalue weighted by molar-refractivity contribution is 5.76. The molecule has 0 N–H and O–H groups in total. The molecule has 0 saturated carbocycles. The first-order chi connectivity index (χ1) is 7.04. The van der Waals surface area contributed by atoms with Gasteiger partial charge in [0.05, 0.1) is 11.7 Å². The van der Waals surface area contributed by atoms with Crippen molar-refractivity contribution in [2.75, 3.05) is 0 Å². The van der Waals surface area contributed by atoms with Gasteiger partial charge < -0.3 is 4.74 Å². The van der Waals surface area contributed by atoms with Gasteiger partial charge >= 0.3 is 5.97 Å². The van der Waals surface area contributed by atoms with Crippen LogP contribution in [0.3, 0.4) is 0 Å². The zero-order valence-corrected chi connectivity index (χ0v) is 10.5. The van der Waals surface area contributed by atoms with Crippen LogP contribution in [-0.4, -0.2) is 5.97 Å². The minimum Gasteiger partial charge on any atom is -0.434 e. The molecule has 0 fully saturated rings. The molecule has 0 aromatic carbocycles. The number of carbonyl (C=O) groups is 1. The molecule has 2 heteroatoms. The SMILES string of the molecule is CCCCCC=COC(=O)C(C)(C)CC. The van der Waals surface area contributed by atoms with Crippen LogP contribution in [0.4, 0.5) is 0 Å². The molecule has 0 rings (SSSR count). The van der Waals surface area contributed by atoms with E-state index in [9.17, 15) is 4.79 Å². The average Bonchev–Trinajstić information content (AvgIpc) is 2.22. The van der Waals surface area contributed by atoms with E-state index in [-0.39, 0.29) is 11.4 Å². The number of carbonyl (C=O) groups excluding carboxylic acids is 1. The first-order valence-corrected chi connectivity index (χ1v) is 5.90. The second-order valence-electron chi connectivity index (χ2n) is 4.51. The molecule has 0 aromatic heterocycles. The third-order valence-corrected chi connectivity index (χ3v) is 2.68. The lowest BCUT2D eigenvalue weighted by Gasteiger charge is -2.18. The highest BCUT2D eigenvalue weighted by Crippen LogP contribution is 2.21. The third kappa shape index (κ3) is 6.32. The second-order valence-corrected chi connectivity index (χ2v) is 4.51. The van der Waals surface area contributed by atoms with E-state index in [4.69, 9.17) is 4.74 Å². The molecule has 0 atom stereocenters. The van der Waals surface area contributed by atoms with E-state index in [2.05, 4.69) is 6.92 Å². The zero-order chi connectivity index (χ0) is 11.7. The van der Waals surface area contributed by atoms with Crippen LogP contribution in [0.25, 0.3) is 0 Å². The normalized spacial score (nSPS) is 12.0. The summed E-state index contributed by atoms with van der Waals surface area (Å²) < 4.78 is 5.06. The van der Waals surface area contributed by atoms with Crippen LogP contribution in [0.1, 0.15) is 59.8 Å². The molecule has 0 aliphatic carbocycles. The number of rotatable bonds is 7. The number of hydrogen-bond acceptors (Lipinski definition) is 2. The molecular formula is C13H24O2. The van der Waals surface area contributed by atoms with Crippen LogP contribution in [0, 0.1) is 5.41 Å². The van der Waals surface area contributed by atoms with Crippen molar-refractivity contribution in [2.24, 2.45) is 5.41 Å². The van der Waals surface area contributed by atoms with Crippen molar-refractivity contribution in [1.82, 2.24) is 0 Å². The van der Waals surface area contributed by atoms with Gasteiger partial charge in [0.15, 0.2) is 0 Å². The van der Waals surface area contributed by atoms with Gasteiger partial charge in [-0.3, -0.25) is 4.79 Å². The molecule has 0 unspecified atom stereocenters. The number of hydrogen-bond donors (Lipinski definition) is 0. The summed E-state index contributed by atoms with van der Waals surface area (Å²) in [6, 6.07) is 0. The summed E-state index contributed by atoms with van der Waals surface area (Å²) in [5.41, 5.74) is -0.367. The first-order valence-electron chi connectivity index (χ1n) is 5.90. The summed E-state index contributed by atoms with van der Waals surface area (Å²) >= 11 is 0. The van der Waals surface area contributed by atoms with Gasteiger partial charge in [-0.2, -0.15) is 0 Å². The van der Waals surface area contributed by atoms with Gasteiger partial charge in [0, 0.05) is 0 Å².